The lowest BCUT2D eigenvalue weighted by Gasteiger charge is -2.25. The first-order valence-electron chi connectivity index (χ1n) is 16.6. The molecule has 0 aliphatic carbocycles. The van der Waals surface area contributed by atoms with Gasteiger partial charge in [-0.15, -0.1) is 0 Å². The number of pyridine rings is 1. The minimum atomic E-state index is 0.158. The third kappa shape index (κ3) is 5.81. The van der Waals surface area contributed by atoms with Crippen LogP contribution in [0.1, 0.15) is 33.4 Å². The average molecular weight is 606 g/mol. The van der Waals surface area contributed by atoms with Gasteiger partial charge in [0.2, 0.25) is 6.71 Å². The maximum atomic E-state index is 4.54. The summed E-state index contributed by atoms with van der Waals surface area (Å²) in [7, 11) is 0. The van der Waals surface area contributed by atoms with Gasteiger partial charge in [0.25, 0.3) is 0 Å². The van der Waals surface area contributed by atoms with Gasteiger partial charge in [-0.05, 0) is 86.7 Å². The van der Waals surface area contributed by atoms with Crippen molar-refractivity contribution in [2.24, 2.45) is 0 Å². The first-order chi connectivity index (χ1) is 22.8. The smallest absolute Gasteiger partial charge is 0.242 e. The molecule has 0 N–H and O–H groups in total. The zero-order valence-electron chi connectivity index (χ0n) is 28.2. The second-order valence-corrected chi connectivity index (χ2v) is 13.2. The van der Waals surface area contributed by atoms with Crippen LogP contribution in [0.3, 0.4) is 0 Å². The van der Waals surface area contributed by atoms with E-state index in [0.717, 1.165) is 11.3 Å². The lowest BCUT2D eigenvalue weighted by atomic mass is 9.34. The summed E-state index contributed by atoms with van der Waals surface area (Å²) in [5, 5.41) is 2.52. The summed E-state index contributed by atoms with van der Waals surface area (Å²) >= 11 is 0. The summed E-state index contributed by atoms with van der Waals surface area (Å²) in [6.07, 6.45) is 1.85. The molecule has 0 saturated heterocycles. The molecule has 47 heavy (non-hydrogen) atoms. The van der Waals surface area contributed by atoms with Crippen molar-refractivity contribution in [1.29, 1.82) is 0 Å². The summed E-state index contributed by atoms with van der Waals surface area (Å²) < 4.78 is 0. The van der Waals surface area contributed by atoms with Gasteiger partial charge in [0.15, 0.2) is 0 Å². The van der Waals surface area contributed by atoms with Crippen LogP contribution < -0.4 is 16.4 Å². The first-order valence-corrected chi connectivity index (χ1v) is 16.6. The predicted molar refractivity (Wildman–Crippen MR) is 204 cm³/mol. The molecule has 1 nitrogen and oxygen atoms in total. The Morgan fingerprint density at radius 3 is 1.38 bits per heavy atom. The lowest BCUT2D eigenvalue weighted by Crippen LogP contribution is -2.55. The quantitative estimate of drug-likeness (QED) is 0.172. The molecule has 228 valence electrons. The predicted octanol–water partition coefficient (Wildman–Crippen LogP) is 9.60. The Hall–Kier alpha value is -5.21. The molecule has 7 rings (SSSR count). The zero-order valence-corrected chi connectivity index (χ0v) is 28.2. The SMILES string of the molecule is Cc1cc(C)c(B(c2ccc(-c3cccc4cccc(-c5ccc(-c6ccccn6)cc5)c34)cc2)c2c(C)cc(C)cc2C)c(C)c1. The van der Waals surface area contributed by atoms with Gasteiger partial charge in [-0.25, -0.2) is 0 Å². The molecule has 0 radical (unpaired) electrons. The highest BCUT2D eigenvalue weighted by Gasteiger charge is 2.28. The fourth-order valence-corrected chi connectivity index (χ4v) is 7.80. The van der Waals surface area contributed by atoms with Gasteiger partial charge in [-0.2, -0.15) is 0 Å². The van der Waals surface area contributed by atoms with Crippen molar-refractivity contribution in [3.63, 3.8) is 0 Å². The second-order valence-electron chi connectivity index (χ2n) is 13.2. The number of aromatic nitrogens is 1. The molecule has 0 atom stereocenters. The Bertz CT molecular complexity index is 2120. The van der Waals surface area contributed by atoms with Gasteiger partial charge < -0.3 is 0 Å². The average Bonchev–Trinajstić information content (AvgIpc) is 3.07. The van der Waals surface area contributed by atoms with E-state index in [9.17, 15) is 0 Å². The van der Waals surface area contributed by atoms with Crippen LogP contribution in [-0.2, 0) is 0 Å². The number of nitrogens with zero attached hydrogens (tertiary/aromatic N) is 1. The fraction of sp³-hybridized carbons (Fsp3) is 0.133. The lowest BCUT2D eigenvalue weighted by molar-refractivity contribution is 1.33. The van der Waals surface area contributed by atoms with Crippen molar-refractivity contribution in [2.75, 3.05) is 0 Å². The summed E-state index contributed by atoms with van der Waals surface area (Å²) in [6.45, 7) is 13.6. The summed E-state index contributed by atoms with van der Waals surface area (Å²) in [5.41, 5.74) is 19.2. The normalized spacial score (nSPS) is 11.2. The van der Waals surface area contributed by atoms with Crippen LogP contribution in [0.2, 0.25) is 0 Å². The van der Waals surface area contributed by atoms with Crippen LogP contribution in [0.15, 0.2) is 134 Å². The molecule has 0 aliphatic rings. The molecule has 7 aromatic rings. The summed E-state index contributed by atoms with van der Waals surface area (Å²) in [6, 6.07) is 46.9. The molecule has 2 heteroatoms. The number of rotatable bonds is 6. The zero-order chi connectivity index (χ0) is 32.7. The molecule has 0 spiro atoms. The van der Waals surface area contributed by atoms with Crippen LogP contribution >= 0.6 is 0 Å². The van der Waals surface area contributed by atoms with Crippen LogP contribution in [-0.4, -0.2) is 11.7 Å². The molecule has 0 fully saturated rings. The minimum Gasteiger partial charge on any atom is -0.256 e. The third-order valence-corrected chi connectivity index (χ3v) is 9.67. The monoisotopic (exact) mass is 605 g/mol. The van der Waals surface area contributed by atoms with E-state index in [4.69, 9.17) is 0 Å². The molecule has 0 amide bonds. The highest BCUT2D eigenvalue weighted by atomic mass is 14.7. The topological polar surface area (TPSA) is 12.9 Å². The molecule has 0 saturated carbocycles. The molecule has 1 aromatic heterocycles. The largest absolute Gasteiger partial charge is 0.256 e. The van der Waals surface area contributed by atoms with E-state index in [2.05, 4.69) is 162 Å². The van der Waals surface area contributed by atoms with Crippen molar-refractivity contribution in [3.05, 3.63) is 167 Å². The van der Waals surface area contributed by atoms with E-state index in [0.29, 0.717) is 0 Å². The molecule has 0 aliphatic heterocycles. The Labute approximate surface area is 280 Å². The van der Waals surface area contributed by atoms with Gasteiger partial charge in [0, 0.05) is 11.8 Å². The molecule has 0 bridgehead atoms. The number of aryl methyl sites for hydroxylation is 6. The van der Waals surface area contributed by atoms with Crippen molar-refractivity contribution in [3.8, 4) is 33.5 Å². The van der Waals surface area contributed by atoms with Gasteiger partial charge in [0.1, 0.15) is 0 Å². The third-order valence-electron chi connectivity index (χ3n) is 9.67. The van der Waals surface area contributed by atoms with Crippen molar-refractivity contribution >= 4 is 33.9 Å². The summed E-state index contributed by atoms with van der Waals surface area (Å²) in [4.78, 5) is 4.54. The van der Waals surface area contributed by atoms with Crippen molar-refractivity contribution in [2.45, 2.75) is 41.5 Å². The molecule has 1 heterocycles. The molecular weight excluding hydrogens is 565 g/mol. The van der Waals surface area contributed by atoms with E-state index >= 15 is 0 Å². The Kier molecular flexibility index (Phi) is 8.12. The number of fused-ring (bicyclic) bond motifs is 1. The molecule has 6 aromatic carbocycles. The molecular formula is C45H40BN. The highest BCUT2D eigenvalue weighted by Crippen LogP contribution is 2.37. The van der Waals surface area contributed by atoms with Gasteiger partial charge in [0.05, 0.1) is 5.69 Å². The maximum absolute atomic E-state index is 4.54. The Morgan fingerprint density at radius 1 is 0.447 bits per heavy atom. The summed E-state index contributed by atoms with van der Waals surface area (Å²) in [5.74, 6) is 0. The Balaban J connectivity index is 1.34. The van der Waals surface area contributed by atoms with E-state index in [1.807, 2.05) is 18.3 Å². The number of benzene rings is 6. The fourth-order valence-electron chi connectivity index (χ4n) is 7.80. The van der Waals surface area contributed by atoms with Crippen LogP contribution in [0.5, 0.6) is 0 Å². The van der Waals surface area contributed by atoms with Crippen molar-refractivity contribution in [1.82, 2.24) is 4.98 Å². The van der Waals surface area contributed by atoms with E-state index in [-0.39, 0.29) is 6.71 Å². The molecule has 0 unspecified atom stereocenters. The van der Waals surface area contributed by atoms with Crippen LogP contribution in [0, 0.1) is 41.5 Å². The second kappa shape index (κ2) is 12.5. The highest BCUT2D eigenvalue weighted by molar-refractivity contribution is 6.96. The maximum Gasteiger partial charge on any atom is 0.242 e. The van der Waals surface area contributed by atoms with Gasteiger partial charge in [-0.1, -0.05) is 165 Å². The first kappa shape index (κ1) is 30.4. The van der Waals surface area contributed by atoms with Gasteiger partial charge in [-0.3, -0.25) is 4.98 Å². The van der Waals surface area contributed by atoms with E-state index in [1.165, 1.54) is 82.8 Å². The van der Waals surface area contributed by atoms with Crippen molar-refractivity contribution < 1.29 is 0 Å². The van der Waals surface area contributed by atoms with Gasteiger partial charge >= 0.3 is 0 Å². The Morgan fingerprint density at radius 2 is 0.915 bits per heavy atom. The van der Waals surface area contributed by atoms with E-state index < -0.39 is 0 Å². The minimum absolute atomic E-state index is 0.158. The number of hydrogen-bond donors (Lipinski definition) is 0. The standard InChI is InChI=1S/C45H40BN/c1-29-25-31(3)44(32(4)26-29)46(45-33(5)27-30(2)28-34(45)6)39-22-20-36(21-23-39)41-14-10-12-38-11-9-13-40(43(38)41)35-16-18-37(19-17-35)42-15-7-8-24-47-42/h7-28H,1-6H3. The number of hydrogen-bond acceptors (Lipinski definition) is 1. The van der Waals surface area contributed by atoms with Crippen LogP contribution in [0.25, 0.3) is 44.3 Å². The van der Waals surface area contributed by atoms with Crippen LogP contribution in [0.4, 0.5) is 0 Å². The van der Waals surface area contributed by atoms with E-state index in [1.54, 1.807) is 0 Å².